The highest BCUT2D eigenvalue weighted by molar-refractivity contribution is 7.80. The van der Waals surface area contributed by atoms with Crippen molar-refractivity contribution >= 4 is 12.6 Å². The Bertz CT molecular complexity index is 328. The quantitative estimate of drug-likeness (QED) is 0.577. The summed E-state index contributed by atoms with van der Waals surface area (Å²) in [4.78, 5) is 0. The van der Waals surface area contributed by atoms with Gasteiger partial charge in [-0.3, -0.25) is 0 Å². The summed E-state index contributed by atoms with van der Waals surface area (Å²) < 4.78 is 0. The molecule has 0 aliphatic heterocycles. The molecule has 1 aromatic rings. The SMILES string of the molecule is Cc1c(CO)cccc1C(O)C(O)CS. The van der Waals surface area contributed by atoms with E-state index < -0.39 is 12.2 Å². The van der Waals surface area contributed by atoms with Crippen molar-refractivity contribution in [2.75, 3.05) is 5.75 Å². The van der Waals surface area contributed by atoms with Crippen LogP contribution in [0, 0.1) is 6.92 Å². The Kier molecular flexibility index (Phi) is 4.60. The molecule has 1 aromatic carbocycles. The van der Waals surface area contributed by atoms with E-state index in [9.17, 15) is 10.2 Å². The van der Waals surface area contributed by atoms with Crippen molar-refractivity contribution in [1.29, 1.82) is 0 Å². The van der Waals surface area contributed by atoms with Crippen LogP contribution in [0.2, 0.25) is 0 Å². The summed E-state index contributed by atoms with van der Waals surface area (Å²) >= 11 is 3.93. The summed E-state index contributed by atoms with van der Waals surface area (Å²) in [5.41, 5.74) is 2.22. The van der Waals surface area contributed by atoms with Crippen LogP contribution in [0.4, 0.5) is 0 Å². The molecule has 0 fully saturated rings. The summed E-state index contributed by atoms with van der Waals surface area (Å²) in [6, 6.07) is 5.28. The van der Waals surface area contributed by atoms with E-state index in [0.717, 1.165) is 11.1 Å². The van der Waals surface area contributed by atoms with Gasteiger partial charge in [0.1, 0.15) is 6.10 Å². The lowest BCUT2D eigenvalue weighted by Gasteiger charge is -2.19. The highest BCUT2D eigenvalue weighted by Gasteiger charge is 2.19. The first-order valence-corrected chi connectivity index (χ1v) is 5.41. The molecule has 0 spiro atoms. The minimum absolute atomic E-state index is 0.0661. The molecule has 0 aliphatic rings. The molecule has 3 nitrogen and oxygen atoms in total. The van der Waals surface area contributed by atoms with Crippen LogP contribution in [-0.2, 0) is 6.61 Å². The molecule has 0 heterocycles. The molecule has 0 saturated heterocycles. The average Bonchev–Trinajstić information content (AvgIpc) is 2.27. The molecule has 0 bridgehead atoms. The van der Waals surface area contributed by atoms with Crippen LogP contribution in [0.5, 0.6) is 0 Å². The molecule has 2 unspecified atom stereocenters. The van der Waals surface area contributed by atoms with Crippen LogP contribution >= 0.6 is 12.6 Å². The lowest BCUT2D eigenvalue weighted by atomic mass is 9.96. The smallest absolute Gasteiger partial charge is 0.106 e. The first-order valence-electron chi connectivity index (χ1n) is 4.78. The summed E-state index contributed by atoms with van der Waals surface area (Å²) in [5.74, 6) is 0.198. The van der Waals surface area contributed by atoms with E-state index in [0.29, 0.717) is 5.56 Å². The van der Waals surface area contributed by atoms with E-state index in [1.54, 1.807) is 18.2 Å². The predicted octanol–water partition coefficient (Wildman–Crippen LogP) is 0.811. The second-order valence-corrected chi connectivity index (χ2v) is 3.85. The lowest BCUT2D eigenvalue weighted by Crippen LogP contribution is -2.20. The van der Waals surface area contributed by atoms with E-state index in [1.807, 2.05) is 6.92 Å². The van der Waals surface area contributed by atoms with Gasteiger partial charge in [-0.15, -0.1) is 0 Å². The van der Waals surface area contributed by atoms with Crippen molar-refractivity contribution < 1.29 is 15.3 Å². The van der Waals surface area contributed by atoms with E-state index in [4.69, 9.17) is 5.11 Å². The Hall–Kier alpha value is -0.550. The highest BCUT2D eigenvalue weighted by atomic mass is 32.1. The number of hydrogen-bond acceptors (Lipinski definition) is 4. The summed E-state index contributed by atoms with van der Waals surface area (Å²) in [6.45, 7) is 1.75. The molecule has 0 amide bonds. The molecule has 0 aliphatic carbocycles. The number of rotatable bonds is 4. The molecule has 84 valence electrons. The zero-order valence-electron chi connectivity index (χ0n) is 8.59. The van der Waals surface area contributed by atoms with E-state index in [2.05, 4.69) is 12.6 Å². The Morgan fingerprint density at radius 2 is 2.00 bits per heavy atom. The maximum atomic E-state index is 9.81. The number of hydrogen-bond donors (Lipinski definition) is 4. The van der Waals surface area contributed by atoms with Crippen molar-refractivity contribution in [2.24, 2.45) is 0 Å². The van der Waals surface area contributed by atoms with Gasteiger partial charge in [-0.2, -0.15) is 12.6 Å². The Morgan fingerprint density at radius 1 is 1.33 bits per heavy atom. The summed E-state index contributed by atoms with van der Waals surface area (Å²) in [6.07, 6.45) is -1.84. The van der Waals surface area contributed by atoms with Crippen molar-refractivity contribution in [2.45, 2.75) is 25.7 Å². The van der Waals surface area contributed by atoms with Crippen LogP contribution in [0.25, 0.3) is 0 Å². The molecule has 1 rings (SSSR count). The number of aliphatic hydroxyl groups is 3. The molecule has 0 radical (unpaired) electrons. The zero-order valence-corrected chi connectivity index (χ0v) is 9.48. The fourth-order valence-corrected chi connectivity index (χ4v) is 1.70. The molecule has 4 heteroatoms. The van der Waals surface area contributed by atoms with Crippen molar-refractivity contribution in [1.82, 2.24) is 0 Å². The van der Waals surface area contributed by atoms with Gasteiger partial charge in [-0.1, -0.05) is 18.2 Å². The van der Waals surface area contributed by atoms with Gasteiger partial charge in [-0.25, -0.2) is 0 Å². The third kappa shape index (κ3) is 2.72. The first-order chi connectivity index (χ1) is 7.11. The standard InChI is InChI=1S/C11H16O3S/c1-7-8(5-12)3-2-4-9(7)11(14)10(13)6-15/h2-4,10-15H,5-6H2,1H3. The van der Waals surface area contributed by atoms with Gasteiger partial charge < -0.3 is 15.3 Å². The fourth-order valence-electron chi connectivity index (χ4n) is 1.50. The van der Waals surface area contributed by atoms with Gasteiger partial charge in [-0.05, 0) is 23.6 Å². The number of thiol groups is 1. The van der Waals surface area contributed by atoms with Gasteiger partial charge in [0.05, 0.1) is 12.7 Å². The van der Waals surface area contributed by atoms with Gasteiger partial charge in [0.2, 0.25) is 0 Å². The maximum absolute atomic E-state index is 9.81. The fraction of sp³-hybridized carbons (Fsp3) is 0.455. The van der Waals surface area contributed by atoms with Crippen LogP contribution in [0.15, 0.2) is 18.2 Å². The Morgan fingerprint density at radius 3 is 2.53 bits per heavy atom. The van der Waals surface area contributed by atoms with Crippen LogP contribution in [0.1, 0.15) is 22.8 Å². The molecular weight excluding hydrogens is 212 g/mol. The zero-order chi connectivity index (χ0) is 11.4. The van der Waals surface area contributed by atoms with Gasteiger partial charge in [0, 0.05) is 5.75 Å². The minimum Gasteiger partial charge on any atom is -0.392 e. The van der Waals surface area contributed by atoms with Crippen LogP contribution in [-0.4, -0.2) is 27.2 Å². The second kappa shape index (κ2) is 5.51. The number of benzene rings is 1. The van der Waals surface area contributed by atoms with Crippen molar-refractivity contribution in [3.63, 3.8) is 0 Å². The minimum atomic E-state index is -0.950. The monoisotopic (exact) mass is 228 g/mol. The summed E-state index contributed by atoms with van der Waals surface area (Å²) in [7, 11) is 0. The van der Waals surface area contributed by atoms with Gasteiger partial charge in [0.25, 0.3) is 0 Å². The van der Waals surface area contributed by atoms with E-state index >= 15 is 0 Å². The molecular formula is C11H16O3S. The third-order valence-corrected chi connectivity index (χ3v) is 2.90. The molecule has 0 saturated carbocycles. The van der Waals surface area contributed by atoms with E-state index in [1.165, 1.54) is 0 Å². The van der Waals surface area contributed by atoms with Gasteiger partial charge >= 0.3 is 0 Å². The first kappa shape index (κ1) is 12.5. The highest BCUT2D eigenvalue weighted by Crippen LogP contribution is 2.23. The van der Waals surface area contributed by atoms with Gasteiger partial charge in [0.15, 0.2) is 0 Å². The van der Waals surface area contributed by atoms with Crippen molar-refractivity contribution in [3.05, 3.63) is 34.9 Å². The van der Waals surface area contributed by atoms with Crippen LogP contribution < -0.4 is 0 Å². The molecule has 3 N–H and O–H groups in total. The second-order valence-electron chi connectivity index (χ2n) is 3.48. The molecule has 15 heavy (non-hydrogen) atoms. The predicted molar refractivity (Wildman–Crippen MR) is 61.9 cm³/mol. The van der Waals surface area contributed by atoms with Crippen molar-refractivity contribution in [3.8, 4) is 0 Å². The number of aliphatic hydroxyl groups excluding tert-OH is 3. The normalized spacial score (nSPS) is 15.0. The Labute approximate surface area is 94.8 Å². The largest absolute Gasteiger partial charge is 0.392 e. The topological polar surface area (TPSA) is 60.7 Å². The maximum Gasteiger partial charge on any atom is 0.106 e. The van der Waals surface area contributed by atoms with Crippen LogP contribution in [0.3, 0.4) is 0 Å². The molecule has 0 aromatic heterocycles. The summed E-state index contributed by atoms with van der Waals surface area (Å²) in [5, 5.41) is 28.3. The van der Waals surface area contributed by atoms with E-state index in [-0.39, 0.29) is 12.4 Å². The molecule has 2 atom stereocenters. The lowest BCUT2D eigenvalue weighted by molar-refractivity contribution is 0.0332. The third-order valence-electron chi connectivity index (χ3n) is 2.53. The Balaban J connectivity index is 3.03. The average molecular weight is 228 g/mol.